The molecule has 1 fully saturated rings. The maximum atomic E-state index is 9.59. The van der Waals surface area contributed by atoms with E-state index in [1.807, 2.05) is 0 Å². The smallest absolute Gasteiger partial charge is 0.0610 e. The fourth-order valence-corrected chi connectivity index (χ4v) is 2.84. The average molecular weight is 270 g/mol. The lowest BCUT2D eigenvalue weighted by Crippen LogP contribution is -2.49. The van der Waals surface area contributed by atoms with Gasteiger partial charge in [0.05, 0.1) is 6.61 Å². The first-order valence-corrected chi connectivity index (χ1v) is 8.13. The highest BCUT2D eigenvalue weighted by molar-refractivity contribution is 4.87. The van der Waals surface area contributed by atoms with E-state index in [-0.39, 0.29) is 12.1 Å². The standard InChI is InChI=1S/C16H34N2O/c1-5-6-11-18(15-8-9-15)12-7-10-16(4,13-19)17-14(2)3/h14-15,17,19H,5-13H2,1-4H3. The van der Waals surface area contributed by atoms with Gasteiger partial charge in [-0.25, -0.2) is 0 Å². The SMILES string of the molecule is CCCCN(CCCC(C)(CO)NC(C)C)C1CC1. The number of hydrogen-bond acceptors (Lipinski definition) is 3. The third-order valence-electron chi connectivity index (χ3n) is 4.02. The van der Waals surface area contributed by atoms with E-state index in [1.54, 1.807) is 0 Å². The monoisotopic (exact) mass is 270 g/mol. The molecule has 1 saturated carbocycles. The second kappa shape index (κ2) is 8.23. The van der Waals surface area contributed by atoms with Gasteiger partial charge in [-0.3, -0.25) is 0 Å². The molecule has 0 bridgehead atoms. The molecule has 1 unspecified atom stereocenters. The van der Waals surface area contributed by atoms with E-state index in [4.69, 9.17) is 0 Å². The molecule has 1 aliphatic carbocycles. The van der Waals surface area contributed by atoms with Gasteiger partial charge in [0, 0.05) is 17.6 Å². The Morgan fingerprint density at radius 3 is 2.37 bits per heavy atom. The molecule has 0 aliphatic heterocycles. The third-order valence-corrected chi connectivity index (χ3v) is 4.02. The number of nitrogens with zero attached hydrogens (tertiary/aromatic N) is 1. The van der Waals surface area contributed by atoms with E-state index in [2.05, 4.69) is 37.9 Å². The van der Waals surface area contributed by atoms with Crippen LogP contribution < -0.4 is 5.32 Å². The van der Waals surface area contributed by atoms with Crippen LogP contribution in [0.1, 0.15) is 66.2 Å². The Bertz CT molecular complexity index is 241. The third kappa shape index (κ3) is 6.73. The Morgan fingerprint density at radius 1 is 1.26 bits per heavy atom. The highest BCUT2D eigenvalue weighted by Crippen LogP contribution is 2.27. The summed E-state index contributed by atoms with van der Waals surface area (Å²) < 4.78 is 0. The summed E-state index contributed by atoms with van der Waals surface area (Å²) in [7, 11) is 0. The van der Waals surface area contributed by atoms with Gasteiger partial charge in [0.2, 0.25) is 0 Å². The zero-order chi connectivity index (χ0) is 14.3. The number of nitrogens with one attached hydrogen (secondary N) is 1. The summed E-state index contributed by atoms with van der Waals surface area (Å²) in [6, 6.07) is 1.29. The second-order valence-electron chi connectivity index (χ2n) is 6.74. The summed E-state index contributed by atoms with van der Waals surface area (Å²) in [6.45, 7) is 11.4. The van der Waals surface area contributed by atoms with E-state index in [0.717, 1.165) is 12.5 Å². The van der Waals surface area contributed by atoms with Gasteiger partial charge in [-0.15, -0.1) is 0 Å². The Morgan fingerprint density at radius 2 is 1.89 bits per heavy atom. The first kappa shape index (κ1) is 16.9. The average Bonchev–Trinajstić information content (AvgIpc) is 3.17. The fourth-order valence-electron chi connectivity index (χ4n) is 2.84. The van der Waals surface area contributed by atoms with E-state index >= 15 is 0 Å². The largest absolute Gasteiger partial charge is 0.394 e. The maximum Gasteiger partial charge on any atom is 0.0610 e. The first-order chi connectivity index (χ1) is 9.00. The Labute approximate surface area is 119 Å². The van der Waals surface area contributed by atoms with E-state index in [0.29, 0.717) is 6.04 Å². The molecule has 1 aliphatic rings. The van der Waals surface area contributed by atoms with Crippen molar-refractivity contribution >= 4 is 0 Å². The molecule has 2 N–H and O–H groups in total. The zero-order valence-corrected chi connectivity index (χ0v) is 13.4. The molecule has 0 aromatic rings. The molecular formula is C16H34N2O. The van der Waals surface area contributed by atoms with Crippen molar-refractivity contribution in [1.82, 2.24) is 10.2 Å². The van der Waals surface area contributed by atoms with Crippen LogP contribution in [0.2, 0.25) is 0 Å². The predicted molar refractivity (Wildman–Crippen MR) is 82.5 cm³/mol. The lowest BCUT2D eigenvalue weighted by molar-refractivity contribution is 0.147. The van der Waals surface area contributed by atoms with E-state index in [1.165, 1.54) is 45.2 Å². The predicted octanol–water partition coefficient (Wildman–Crippen LogP) is 2.78. The lowest BCUT2D eigenvalue weighted by atomic mass is 9.95. The molecule has 19 heavy (non-hydrogen) atoms. The number of rotatable bonds is 11. The van der Waals surface area contributed by atoms with Gasteiger partial charge >= 0.3 is 0 Å². The molecule has 0 aromatic heterocycles. The van der Waals surface area contributed by atoms with Crippen molar-refractivity contribution < 1.29 is 5.11 Å². The fraction of sp³-hybridized carbons (Fsp3) is 1.00. The first-order valence-electron chi connectivity index (χ1n) is 8.13. The van der Waals surface area contributed by atoms with Gasteiger partial charge in [0.15, 0.2) is 0 Å². The molecule has 0 spiro atoms. The van der Waals surface area contributed by atoms with Crippen molar-refractivity contribution in [1.29, 1.82) is 0 Å². The van der Waals surface area contributed by atoms with Gasteiger partial charge in [0.1, 0.15) is 0 Å². The molecule has 3 nitrogen and oxygen atoms in total. The Kier molecular flexibility index (Phi) is 7.33. The lowest BCUT2D eigenvalue weighted by Gasteiger charge is -2.32. The van der Waals surface area contributed by atoms with Crippen LogP contribution in [-0.2, 0) is 0 Å². The number of aliphatic hydroxyl groups is 1. The van der Waals surface area contributed by atoms with Crippen LogP contribution in [0.4, 0.5) is 0 Å². The van der Waals surface area contributed by atoms with Crippen molar-refractivity contribution in [2.45, 2.75) is 83.8 Å². The van der Waals surface area contributed by atoms with E-state index < -0.39 is 0 Å². The second-order valence-corrected chi connectivity index (χ2v) is 6.74. The Hall–Kier alpha value is -0.120. The maximum absolute atomic E-state index is 9.59. The van der Waals surface area contributed by atoms with Gasteiger partial charge < -0.3 is 15.3 Å². The van der Waals surface area contributed by atoms with Gasteiger partial charge in [-0.1, -0.05) is 27.2 Å². The minimum Gasteiger partial charge on any atom is -0.394 e. The summed E-state index contributed by atoms with van der Waals surface area (Å²) in [5.41, 5.74) is -0.117. The topological polar surface area (TPSA) is 35.5 Å². The normalized spacial score (nSPS) is 19.1. The van der Waals surface area contributed by atoms with Crippen molar-refractivity contribution in [3.8, 4) is 0 Å². The molecule has 0 aromatic carbocycles. The summed E-state index contributed by atoms with van der Waals surface area (Å²) >= 11 is 0. The number of hydrogen-bond donors (Lipinski definition) is 2. The number of unbranched alkanes of at least 4 members (excludes halogenated alkanes) is 1. The van der Waals surface area contributed by atoms with Gasteiger partial charge in [-0.05, 0) is 52.1 Å². The summed E-state index contributed by atoms with van der Waals surface area (Å²) in [6.07, 6.45) is 7.62. The highest BCUT2D eigenvalue weighted by Gasteiger charge is 2.29. The van der Waals surface area contributed by atoms with Gasteiger partial charge in [-0.2, -0.15) is 0 Å². The van der Waals surface area contributed by atoms with E-state index in [9.17, 15) is 5.11 Å². The molecule has 3 heteroatoms. The molecule has 0 heterocycles. The van der Waals surface area contributed by atoms with Crippen molar-refractivity contribution in [3.63, 3.8) is 0 Å². The van der Waals surface area contributed by atoms with Crippen molar-refractivity contribution in [2.75, 3.05) is 19.7 Å². The summed E-state index contributed by atoms with van der Waals surface area (Å²) in [5, 5.41) is 13.1. The van der Waals surface area contributed by atoms with Crippen LogP contribution in [0.5, 0.6) is 0 Å². The summed E-state index contributed by atoms with van der Waals surface area (Å²) in [4.78, 5) is 2.66. The van der Waals surface area contributed by atoms with Crippen molar-refractivity contribution in [2.24, 2.45) is 0 Å². The molecule has 0 saturated heterocycles. The van der Waals surface area contributed by atoms with Crippen LogP contribution in [-0.4, -0.2) is 47.3 Å². The molecule has 1 rings (SSSR count). The molecule has 0 radical (unpaired) electrons. The van der Waals surface area contributed by atoms with Crippen molar-refractivity contribution in [3.05, 3.63) is 0 Å². The molecule has 0 amide bonds. The minimum atomic E-state index is -0.117. The van der Waals surface area contributed by atoms with Crippen LogP contribution in [0.15, 0.2) is 0 Å². The minimum absolute atomic E-state index is 0.117. The van der Waals surface area contributed by atoms with Crippen LogP contribution in [0.3, 0.4) is 0 Å². The quantitative estimate of drug-likeness (QED) is 0.606. The highest BCUT2D eigenvalue weighted by atomic mass is 16.3. The van der Waals surface area contributed by atoms with Crippen LogP contribution in [0.25, 0.3) is 0 Å². The summed E-state index contributed by atoms with van der Waals surface area (Å²) in [5.74, 6) is 0. The van der Waals surface area contributed by atoms with Gasteiger partial charge in [0.25, 0.3) is 0 Å². The van der Waals surface area contributed by atoms with Crippen LogP contribution >= 0.6 is 0 Å². The zero-order valence-electron chi connectivity index (χ0n) is 13.4. The molecule has 1 atom stereocenters. The molecular weight excluding hydrogens is 236 g/mol. The Balaban J connectivity index is 2.28. The number of aliphatic hydroxyl groups excluding tert-OH is 1. The van der Waals surface area contributed by atoms with Crippen LogP contribution in [0, 0.1) is 0 Å². The molecule has 114 valence electrons.